The van der Waals surface area contributed by atoms with Crippen LogP contribution >= 0.6 is 12.2 Å². The molecule has 2 aromatic rings. The van der Waals surface area contributed by atoms with Crippen molar-refractivity contribution in [3.05, 3.63) is 23.5 Å². The molecular formula is C5H4N6S. The van der Waals surface area contributed by atoms with Crippen LogP contribution < -0.4 is 0 Å². The second kappa shape index (κ2) is 2.78. The molecule has 12 heavy (non-hydrogen) atoms. The predicted molar refractivity (Wildman–Crippen MR) is 42.1 cm³/mol. The molecule has 0 unspecified atom stereocenters. The van der Waals surface area contributed by atoms with Crippen LogP contribution in [0.3, 0.4) is 0 Å². The molecule has 1 N–H and O–H groups in total. The van der Waals surface area contributed by atoms with Crippen molar-refractivity contribution in [3.63, 3.8) is 0 Å². The van der Waals surface area contributed by atoms with E-state index in [1.807, 2.05) is 0 Å². The van der Waals surface area contributed by atoms with Gasteiger partial charge in [0.15, 0.2) is 0 Å². The third-order valence-electron chi connectivity index (χ3n) is 1.28. The fraction of sp³-hybridized carbons (Fsp3) is 0. The summed E-state index contributed by atoms with van der Waals surface area (Å²) in [7, 11) is 0. The number of aromatic nitrogens is 6. The van der Waals surface area contributed by atoms with E-state index >= 15 is 0 Å². The lowest BCUT2D eigenvalue weighted by molar-refractivity contribution is 0.778. The summed E-state index contributed by atoms with van der Waals surface area (Å²) in [5.74, 6) is 0. The topological polar surface area (TPSA) is 72.3 Å². The summed E-state index contributed by atoms with van der Waals surface area (Å²) < 4.78 is 1.86. The van der Waals surface area contributed by atoms with E-state index in [0.29, 0.717) is 10.5 Å². The van der Waals surface area contributed by atoms with Crippen molar-refractivity contribution < 1.29 is 0 Å². The molecule has 6 nitrogen and oxygen atoms in total. The fourth-order valence-electron chi connectivity index (χ4n) is 0.772. The van der Waals surface area contributed by atoms with Gasteiger partial charge in [0.05, 0.1) is 12.4 Å². The molecule has 2 aromatic heterocycles. The Kier molecular flexibility index (Phi) is 1.63. The number of rotatable bonds is 1. The highest BCUT2D eigenvalue weighted by Gasteiger charge is 1.97. The van der Waals surface area contributed by atoms with E-state index in [2.05, 4.69) is 25.5 Å². The first kappa shape index (κ1) is 7.04. The summed E-state index contributed by atoms with van der Waals surface area (Å²) >= 11 is 4.87. The van der Waals surface area contributed by atoms with Gasteiger partial charge in [-0.05, 0) is 12.2 Å². The molecule has 0 spiro atoms. The molecule has 7 heteroatoms. The smallest absolute Gasteiger partial charge is 0.243 e. The van der Waals surface area contributed by atoms with E-state index < -0.39 is 0 Å². The van der Waals surface area contributed by atoms with Crippen LogP contribution in [0.4, 0.5) is 0 Å². The van der Waals surface area contributed by atoms with Crippen molar-refractivity contribution in [2.75, 3.05) is 0 Å². The van der Waals surface area contributed by atoms with Crippen LogP contribution in [0.5, 0.6) is 0 Å². The number of tetrazole rings is 1. The third-order valence-corrected chi connectivity index (χ3v) is 1.54. The Hall–Kier alpha value is -1.63. The van der Waals surface area contributed by atoms with Crippen LogP contribution in [0, 0.1) is 4.77 Å². The SMILES string of the molecule is S=c1nn[nH]n1-c1cncnc1. The number of hydrogen-bond acceptors (Lipinski definition) is 5. The largest absolute Gasteiger partial charge is 0.243 e. The maximum Gasteiger partial charge on any atom is 0.243 e. The van der Waals surface area contributed by atoms with E-state index in [1.165, 1.54) is 11.0 Å². The van der Waals surface area contributed by atoms with Gasteiger partial charge >= 0.3 is 0 Å². The quantitative estimate of drug-likeness (QED) is 0.631. The monoisotopic (exact) mass is 180 g/mol. The normalized spacial score (nSPS) is 10.0. The molecule has 0 amide bonds. The summed E-state index contributed by atoms with van der Waals surface area (Å²) in [6, 6.07) is 0. The summed E-state index contributed by atoms with van der Waals surface area (Å²) in [6.45, 7) is 0. The first-order valence-electron chi connectivity index (χ1n) is 3.13. The molecule has 2 rings (SSSR count). The molecule has 60 valence electrons. The van der Waals surface area contributed by atoms with Gasteiger partial charge in [0.2, 0.25) is 4.77 Å². The number of hydrogen-bond donors (Lipinski definition) is 1. The molecule has 0 aliphatic heterocycles. The summed E-state index contributed by atoms with van der Waals surface area (Å²) in [6.07, 6.45) is 4.67. The number of nitrogens with zero attached hydrogens (tertiary/aromatic N) is 5. The number of nitrogens with one attached hydrogen (secondary N) is 1. The van der Waals surface area contributed by atoms with Crippen LogP contribution in [-0.2, 0) is 0 Å². The molecule has 0 aliphatic carbocycles. The van der Waals surface area contributed by atoms with Gasteiger partial charge < -0.3 is 0 Å². The summed E-state index contributed by atoms with van der Waals surface area (Å²) in [5, 5.41) is 9.73. The zero-order valence-electron chi connectivity index (χ0n) is 5.88. The van der Waals surface area contributed by atoms with Gasteiger partial charge in [-0.15, -0.1) is 0 Å². The van der Waals surface area contributed by atoms with Gasteiger partial charge in [-0.3, -0.25) is 0 Å². The second-order valence-corrected chi connectivity index (χ2v) is 2.38. The average Bonchev–Trinajstić information content (AvgIpc) is 2.53. The van der Waals surface area contributed by atoms with E-state index in [1.54, 1.807) is 12.4 Å². The van der Waals surface area contributed by atoms with Gasteiger partial charge in [-0.1, -0.05) is 10.3 Å². The van der Waals surface area contributed by atoms with Crippen molar-refractivity contribution in [1.29, 1.82) is 0 Å². The fourth-order valence-corrected chi connectivity index (χ4v) is 0.959. The molecule has 2 heterocycles. The Labute approximate surface area is 72.3 Å². The van der Waals surface area contributed by atoms with E-state index in [-0.39, 0.29) is 0 Å². The third kappa shape index (κ3) is 1.10. The first-order valence-corrected chi connectivity index (χ1v) is 3.54. The van der Waals surface area contributed by atoms with E-state index in [9.17, 15) is 0 Å². The minimum Gasteiger partial charge on any atom is -0.243 e. The van der Waals surface area contributed by atoms with Crippen LogP contribution in [0.25, 0.3) is 5.69 Å². The molecule has 0 aliphatic rings. The van der Waals surface area contributed by atoms with E-state index in [0.717, 1.165) is 0 Å². The molecule has 0 atom stereocenters. The minimum absolute atomic E-state index is 0.352. The molecular weight excluding hydrogens is 176 g/mol. The van der Waals surface area contributed by atoms with Crippen molar-refractivity contribution >= 4 is 12.2 Å². The van der Waals surface area contributed by atoms with Gasteiger partial charge in [0.1, 0.15) is 12.0 Å². The van der Waals surface area contributed by atoms with E-state index in [4.69, 9.17) is 12.2 Å². The maximum absolute atomic E-state index is 4.87. The van der Waals surface area contributed by atoms with Crippen LogP contribution in [0.1, 0.15) is 0 Å². The standard InChI is InChI=1S/C5H4N6S/c12-5-8-9-10-11(5)4-1-6-3-7-2-4/h1-3H,(H,8,10,12). The van der Waals surface area contributed by atoms with Crippen molar-refractivity contribution in [2.24, 2.45) is 0 Å². The molecule has 0 radical (unpaired) electrons. The molecule has 0 bridgehead atoms. The van der Waals surface area contributed by atoms with Gasteiger partial charge in [0, 0.05) is 0 Å². The van der Waals surface area contributed by atoms with Crippen molar-refractivity contribution in [3.8, 4) is 5.69 Å². The lowest BCUT2D eigenvalue weighted by Crippen LogP contribution is -1.97. The van der Waals surface area contributed by atoms with Crippen LogP contribution in [0.15, 0.2) is 18.7 Å². The molecule has 0 saturated carbocycles. The highest BCUT2D eigenvalue weighted by atomic mass is 32.1. The molecule has 0 fully saturated rings. The van der Waals surface area contributed by atoms with Crippen molar-refractivity contribution in [1.82, 2.24) is 30.2 Å². The van der Waals surface area contributed by atoms with Gasteiger partial charge in [-0.25, -0.2) is 14.6 Å². The maximum atomic E-state index is 4.87. The highest BCUT2D eigenvalue weighted by molar-refractivity contribution is 7.71. The van der Waals surface area contributed by atoms with Crippen molar-refractivity contribution in [2.45, 2.75) is 0 Å². The number of aromatic amines is 1. The minimum atomic E-state index is 0.352. The zero-order valence-corrected chi connectivity index (χ0v) is 6.69. The van der Waals surface area contributed by atoms with Gasteiger partial charge in [-0.2, -0.15) is 5.21 Å². The Morgan fingerprint density at radius 2 is 2.08 bits per heavy atom. The van der Waals surface area contributed by atoms with Crippen LogP contribution in [0.2, 0.25) is 0 Å². The summed E-state index contributed by atoms with van der Waals surface area (Å²) in [5.41, 5.74) is 0.715. The van der Waals surface area contributed by atoms with Gasteiger partial charge in [0.25, 0.3) is 0 Å². The molecule has 0 saturated heterocycles. The Morgan fingerprint density at radius 1 is 1.33 bits per heavy atom. The lowest BCUT2D eigenvalue weighted by atomic mass is 10.5. The Bertz CT molecular complexity index is 417. The predicted octanol–water partition coefficient (Wildman–Crippen LogP) is 0.115. The number of H-pyrrole nitrogens is 1. The Balaban J connectivity index is 2.59. The summed E-state index contributed by atoms with van der Waals surface area (Å²) in [4.78, 5) is 7.66. The lowest BCUT2D eigenvalue weighted by Gasteiger charge is -1.95. The zero-order chi connectivity index (χ0) is 8.39. The van der Waals surface area contributed by atoms with Crippen LogP contribution in [-0.4, -0.2) is 30.2 Å². The second-order valence-electron chi connectivity index (χ2n) is 2.01. The first-order chi connectivity index (χ1) is 5.88. The Morgan fingerprint density at radius 3 is 2.67 bits per heavy atom. The molecule has 0 aromatic carbocycles. The average molecular weight is 180 g/mol. The highest BCUT2D eigenvalue weighted by Crippen LogP contribution is 1.98.